The molecule has 2 aromatic rings. The van der Waals surface area contributed by atoms with Crippen LogP contribution >= 0.6 is 0 Å². The maximum absolute atomic E-state index is 10.9. The lowest BCUT2D eigenvalue weighted by Gasteiger charge is -2.06. The van der Waals surface area contributed by atoms with Gasteiger partial charge >= 0.3 is 5.97 Å². The number of hydrogen-bond donors (Lipinski definition) is 1. The Balaban J connectivity index is 2.55. The van der Waals surface area contributed by atoms with Gasteiger partial charge in [0.1, 0.15) is 5.82 Å². The number of nitrogens with zero attached hydrogens (tertiary/aromatic N) is 3. The van der Waals surface area contributed by atoms with Crippen LogP contribution in [0.4, 0.5) is 0 Å². The van der Waals surface area contributed by atoms with Gasteiger partial charge in [-0.25, -0.2) is 14.5 Å². The van der Waals surface area contributed by atoms with Crippen LogP contribution in [0.25, 0.3) is 5.69 Å². The Bertz CT molecular complexity index is 602. The van der Waals surface area contributed by atoms with Gasteiger partial charge in [0.2, 0.25) is 0 Å². The van der Waals surface area contributed by atoms with Crippen LogP contribution in [-0.4, -0.2) is 25.8 Å². The molecule has 0 amide bonds. The number of aryl methyl sites for hydroxylation is 3. The largest absolute Gasteiger partial charge is 0.475 e. The van der Waals surface area contributed by atoms with Crippen molar-refractivity contribution in [2.75, 3.05) is 0 Å². The molecule has 0 aliphatic rings. The molecule has 1 aromatic carbocycles. The third-order valence-corrected chi connectivity index (χ3v) is 2.92. The summed E-state index contributed by atoms with van der Waals surface area (Å²) >= 11 is 0. The highest BCUT2D eigenvalue weighted by Crippen LogP contribution is 2.15. The number of carboxylic acid groups (broad SMARTS) is 1. The highest BCUT2D eigenvalue weighted by molar-refractivity contribution is 5.83. The molecule has 1 aromatic heterocycles. The van der Waals surface area contributed by atoms with Crippen LogP contribution in [-0.2, 0) is 6.42 Å². The molecular weight excluding hydrogens is 230 g/mol. The first-order valence-electron chi connectivity index (χ1n) is 5.79. The minimum Gasteiger partial charge on any atom is -0.475 e. The van der Waals surface area contributed by atoms with Gasteiger partial charge < -0.3 is 5.11 Å². The van der Waals surface area contributed by atoms with Crippen molar-refractivity contribution in [1.82, 2.24) is 14.8 Å². The third-order valence-electron chi connectivity index (χ3n) is 2.92. The molecule has 0 saturated carbocycles. The van der Waals surface area contributed by atoms with E-state index in [0.717, 1.165) is 11.3 Å². The summed E-state index contributed by atoms with van der Waals surface area (Å²) in [5.41, 5.74) is 3.17. The molecule has 0 unspecified atom stereocenters. The quantitative estimate of drug-likeness (QED) is 0.899. The Kier molecular flexibility index (Phi) is 3.14. The van der Waals surface area contributed by atoms with E-state index in [9.17, 15) is 4.79 Å². The van der Waals surface area contributed by atoms with E-state index in [1.165, 1.54) is 5.56 Å². The van der Waals surface area contributed by atoms with E-state index in [4.69, 9.17) is 5.11 Å². The molecule has 0 fully saturated rings. The molecule has 1 N–H and O–H groups in total. The first kappa shape index (κ1) is 12.3. The molecule has 2 rings (SSSR count). The second-order valence-electron chi connectivity index (χ2n) is 4.19. The highest BCUT2D eigenvalue weighted by atomic mass is 16.4. The highest BCUT2D eigenvalue weighted by Gasteiger charge is 2.15. The third kappa shape index (κ3) is 2.11. The van der Waals surface area contributed by atoms with Gasteiger partial charge in [-0.1, -0.05) is 13.0 Å². The van der Waals surface area contributed by atoms with Gasteiger partial charge in [-0.3, -0.25) is 0 Å². The monoisotopic (exact) mass is 245 g/mol. The summed E-state index contributed by atoms with van der Waals surface area (Å²) in [6.07, 6.45) is 0.632. The molecule has 0 spiro atoms. The Labute approximate surface area is 105 Å². The van der Waals surface area contributed by atoms with E-state index in [1.54, 1.807) is 4.68 Å². The van der Waals surface area contributed by atoms with Crippen molar-refractivity contribution in [3.8, 4) is 5.69 Å². The normalized spacial score (nSPS) is 10.6. The molecule has 0 aliphatic heterocycles. The van der Waals surface area contributed by atoms with Crippen LogP contribution in [0.5, 0.6) is 0 Å². The fourth-order valence-corrected chi connectivity index (χ4v) is 1.73. The van der Waals surface area contributed by atoms with Crippen LogP contribution in [0, 0.1) is 13.8 Å². The van der Waals surface area contributed by atoms with Gasteiger partial charge in [-0.15, -0.1) is 5.10 Å². The Morgan fingerprint density at radius 3 is 2.61 bits per heavy atom. The van der Waals surface area contributed by atoms with Crippen molar-refractivity contribution in [2.45, 2.75) is 27.2 Å². The molecule has 0 atom stereocenters. The maximum Gasteiger partial charge on any atom is 0.375 e. The molecule has 5 heteroatoms. The van der Waals surface area contributed by atoms with Crippen molar-refractivity contribution >= 4 is 5.97 Å². The molecule has 18 heavy (non-hydrogen) atoms. The van der Waals surface area contributed by atoms with Gasteiger partial charge in [0.15, 0.2) is 0 Å². The SMILES string of the molecule is CCc1nc(C(=O)O)nn1-c1ccc(C)c(C)c1. The van der Waals surface area contributed by atoms with Gasteiger partial charge in [0.05, 0.1) is 5.69 Å². The number of carboxylic acids is 1. The molecule has 94 valence electrons. The van der Waals surface area contributed by atoms with E-state index in [2.05, 4.69) is 10.1 Å². The molecule has 0 saturated heterocycles. The maximum atomic E-state index is 10.9. The number of rotatable bonds is 3. The Morgan fingerprint density at radius 1 is 1.33 bits per heavy atom. The molecule has 5 nitrogen and oxygen atoms in total. The molecule has 0 aliphatic carbocycles. The van der Waals surface area contributed by atoms with E-state index < -0.39 is 5.97 Å². The van der Waals surface area contributed by atoms with Crippen LogP contribution in [0.15, 0.2) is 18.2 Å². The van der Waals surface area contributed by atoms with E-state index in [-0.39, 0.29) is 5.82 Å². The van der Waals surface area contributed by atoms with Gasteiger partial charge in [0.25, 0.3) is 5.82 Å². The fraction of sp³-hybridized carbons (Fsp3) is 0.308. The van der Waals surface area contributed by atoms with Crippen molar-refractivity contribution in [1.29, 1.82) is 0 Å². The topological polar surface area (TPSA) is 68.0 Å². The zero-order chi connectivity index (χ0) is 13.3. The number of benzene rings is 1. The second-order valence-corrected chi connectivity index (χ2v) is 4.19. The minimum absolute atomic E-state index is 0.162. The summed E-state index contributed by atoms with van der Waals surface area (Å²) in [5, 5.41) is 13.0. The lowest BCUT2D eigenvalue weighted by Crippen LogP contribution is -2.04. The van der Waals surface area contributed by atoms with Crippen LogP contribution in [0.1, 0.15) is 34.5 Å². The molecular formula is C13H15N3O2. The second kappa shape index (κ2) is 4.60. The predicted octanol–water partition coefficient (Wildman–Crippen LogP) is 2.14. The number of hydrogen-bond acceptors (Lipinski definition) is 3. The molecule has 1 heterocycles. The smallest absolute Gasteiger partial charge is 0.375 e. The predicted molar refractivity (Wildman–Crippen MR) is 67.2 cm³/mol. The summed E-state index contributed by atoms with van der Waals surface area (Å²) in [6.45, 7) is 5.97. The Morgan fingerprint density at radius 2 is 2.06 bits per heavy atom. The van der Waals surface area contributed by atoms with Crippen molar-refractivity contribution in [3.05, 3.63) is 41.0 Å². The summed E-state index contributed by atoms with van der Waals surface area (Å²) in [7, 11) is 0. The van der Waals surface area contributed by atoms with Crippen LogP contribution in [0.3, 0.4) is 0 Å². The van der Waals surface area contributed by atoms with E-state index >= 15 is 0 Å². The zero-order valence-corrected chi connectivity index (χ0v) is 10.6. The van der Waals surface area contributed by atoms with Crippen molar-refractivity contribution in [3.63, 3.8) is 0 Å². The average molecular weight is 245 g/mol. The van der Waals surface area contributed by atoms with E-state index in [0.29, 0.717) is 12.2 Å². The molecule has 0 radical (unpaired) electrons. The van der Waals surface area contributed by atoms with Crippen molar-refractivity contribution in [2.24, 2.45) is 0 Å². The minimum atomic E-state index is -1.10. The van der Waals surface area contributed by atoms with Crippen LogP contribution in [0.2, 0.25) is 0 Å². The standard InChI is InChI=1S/C13H15N3O2/c1-4-11-14-12(13(17)18)15-16(11)10-6-5-8(2)9(3)7-10/h5-7H,4H2,1-3H3,(H,17,18). The van der Waals surface area contributed by atoms with Gasteiger partial charge in [-0.2, -0.15) is 0 Å². The average Bonchev–Trinajstić information content (AvgIpc) is 2.77. The Hall–Kier alpha value is -2.17. The summed E-state index contributed by atoms with van der Waals surface area (Å²) in [4.78, 5) is 14.9. The summed E-state index contributed by atoms with van der Waals surface area (Å²) < 4.78 is 1.59. The van der Waals surface area contributed by atoms with Gasteiger partial charge in [-0.05, 0) is 37.1 Å². The van der Waals surface area contributed by atoms with E-state index in [1.807, 2.05) is 39.0 Å². The zero-order valence-electron chi connectivity index (χ0n) is 10.6. The van der Waals surface area contributed by atoms with Gasteiger partial charge in [0, 0.05) is 6.42 Å². The number of carbonyl (C=O) groups is 1. The number of aromatic nitrogens is 3. The molecule has 0 bridgehead atoms. The first-order chi connectivity index (χ1) is 8.52. The summed E-state index contributed by atoms with van der Waals surface area (Å²) in [6, 6.07) is 5.89. The van der Waals surface area contributed by atoms with Crippen molar-refractivity contribution < 1.29 is 9.90 Å². The first-order valence-corrected chi connectivity index (χ1v) is 5.79. The lowest BCUT2D eigenvalue weighted by atomic mass is 10.1. The lowest BCUT2D eigenvalue weighted by molar-refractivity contribution is 0.0683. The summed E-state index contributed by atoms with van der Waals surface area (Å²) in [5.74, 6) is -0.618. The number of aromatic carboxylic acids is 1. The van der Waals surface area contributed by atoms with Crippen LogP contribution < -0.4 is 0 Å². The fourth-order valence-electron chi connectivity index (χ4n) is 1.73.